The van der Waals surface area contributed by atoms with Crippen LogP contribution < -0.4 is 5.73 Å². The van der Waals surface area contributed by atoms with Gasteiger partial charge in [0.05, 0.1) is 5.56 Å². The molecule has 0 saturated heterocycles. The fourth-order valence-corrected chi connectivity index (χ4v) is 2.35. The van der Waals surface area contributed by atoms with Crippen molar-refractivity contribution in [2.24, 2.45) is 0 Å². The van der Waals surface area contributed by atoms with Gasteiger partial charge < -0.3 is 10.2 Å². The number of furan rings is 1. The Morgan fingerprint density at radius 3 is 2.87 bits per heavy atom. The highest BCUT2D eigenvalue weighted by molar-refractivity contribution is 6.07. The average Bonchev–Trinajstić information content (AvgIpc) is 3.19. The molecule has 0 aliphatic carbocycles. The summed E-state index contributed by atoms with van der Waals surface area (Å²) >= 11 is 0. The number of carbonyl (C=O) groups excluding carboxylic acids is 1. The smallest absolute Gasteiger partial charge is 0.285 e. The SMILES string of the molecule is Nc1nc(-c2cccnc2)nn1C(=O)c1coc2ccccc12. The number of benzene rings is 1. The van der Waals surface area contributed by atoms with E-state index >= 15 is 0 Å². The van der Waals surface area contributed by atoms with Crippen molar-refractivity contribution in [2.75, 3.05) is 5.73 Å². The van der Waals surface area contributed by atoms with Gasteiger partial charge in [0.15, 0.2) is 5.82 Å². The molecule has 4 aromatic rings. The van der Waals surface area contributed by atoms with Crippen LogP contribution in [0.25, 0.3) is 22.4 Å². The highest BCUT2D eigenvalue weighted by atomic mass is 16.3. The summed E-state index contributed by atoms with van der Waals surface area (Å²) in [6.07, 6.45) is 4.65. The molecular weight excluding hydrogens is 294 g/mol. The minimum Gasteiger partial charge on any atom is -0.463 e. The summed E-state index contributed by atoms with van der Waals surface area (Å²) in [5, 5.41) is 4.90. The number of carbonyl (C=O) groups is 1. The van der Waals surface area contributed by atoms with Crippen molar-refractivity contribution in [1.29, 1.82) is 0 Å². The second-order valence-electron chi connectivity index (χ2n) is 4.90. The van der Waals surface area contributed by atoms with E-state index in [-0.39, 0.29) is 5.95 Å². The van der Waals surface area contributed by atoms with Gasteiger partial charge in [0.2, 0.25) is 5.95 Å². The van der Waals surface area contributed by atoms with Crippen molar-refractivity contribution in [2.45, 2.75) is 0 Å². The molecule has 1 aromatic carbocycles. The van der Waals surface area contributed by atoms with Crippen LogP contribution >= 0.6 is 0 Å². The molecule has 0 spiro atoms. The Bertz CT molecular complexity index is 1000. The first-order chi connectivity index (χ1) is 11.2. The molecule has 0 fully saturated rings. The highest BCUT2D eigenvalue weighted by Crippen LogP contribution is 2.23. The summed E-state index contributed by atoms with van der Waals surface area (Å²) in [6.45, 7) is 0. The quantitative estimate of drug-likeness (QED) is 0.610. The summed E-state index contributed by atoms with van der Waals surface area (Å²) < 4.78 is 6.46. The molecule has 0 amide bonds. The van der Waals surface area contributed by atoms with Crippen molar-refractivity contribution in [1.82, 2.24) is 19.7 Å². The molecule has 2 N–H and O–H groups in total. The molecule has 3 aromatic heterocycles. The number of nitrogen functional groups attached to an aromatic ring is 1. The van der Waals surface area contributed by atoms with Crippen molar-refractivity contribution >= 4 is 22.8 Å². The van der Waals surface area contributed by atoms with E-state index in [2.05, 4.69) is 15.1 Å². The number of anilines is 1. The molecule has 0 atom stereocenters. The third-order valence-electron chi connectivity index (χ3n) is 3.46. The Kier molecular flexibility index (Phi) is 2.90. The predicted molar refractivity (Wildman–Crippen MR) is 83.6 cm³/mol. The Morgan fingerprint density at radius 2 is 2.04 bits per heavy atom. The molecule has 3 heterocycles. The van der Waals surface area contributed by atoms with Gasteiger partial charge in [-0.05, 0) is 18.2 Å². The Morgan fingerprint density at radius 1 is 1.17 bits per heavy atom. The molecular formula is C16H11N5O2. The molecule has 0 radical (unpaired) electrons. The average molecular weight is 305 g/mol. The monoisotopic (exact) mass is 305 g/mol. The Balaban J connectivity index is 1.79. The second kappa shape index (κ2) is 5.06. The molecule has 7 nitrogen and oxygen atoms in total. The van der Waals surface area contributed by atoms with Gasteiger partial charge >= 0.3 is 0 Å². The van der Waals surface area contributed by atoms with E-state index in [0.717, 1.165) is 4.68 Å². The van der Waals surface area contributed by atoms with E-state index < -0.39 is 5.91 Å². The number of hydrogen-bond donors (Lipinski definition) is 1. The van der Waals surface area contributed by atoms with Crippen LogP contribution in [0.4, 0.5) is 5.95 Å². The zero-order valence-corrected chi connectivity index (χ0v) is 11.9. The summed E-state index contributed by atoms with van der Waals surface area (Å²) in [5.41, 5.74) is 7.54. The van der Waals surface area contributed by atoms with E-state index in [1.165, 1.54) is 6.26 Å². The number of hydrogen-bond acceptors (Lipinski definition) is 6. The first-order valence-electron chi connectivity index (χ1n) is 6.88. The van der Waals surface area contributed by atoms with Crippen LogP contribution in [0.3, 0.4) is 0 Å². The van der Waals surface area contributed by atoms with Crippen molar-refractivity contribution in [3.05, 3.63) is 60.6 Å². The number of fused-ring (bicyclic) bond motifs is 1. The van der Waals surface area contributed by atoms with E-state index in [1.807, 2.05) is 12.1 Å². The third-order valence-corrected chi connectivity index (χ3v) is 3.46. The van der Waals surface area contributed by atoms with Crippen LogP contribution in [0, 0.1) is 0 Å². The molecule has 112 valence electrons. The zero-order chi connectivity index (χ0) is 15.8. The maximum atomic E-state index is 12.7. The number of aromatic nitrogens is 4. The normalized spacial score (nSPS) is 11.0. The molecule has 0 aliphatic rings. The lowest BCUT2D eigenvalue weighted by Gasteiger charge is -1.99. The minimum atomic E-state index is -0.393. The van der Waals surface area contributed by atoms with E-state index in [4.69, 9.17) is 10.2 Å². The van der Waals surface area contributed by atoms with E-state index in [0.29, 0.717) is 27.9 Å². The van der Waals surface area contributed by atoms with E-state index in [1.54, 1.807) is 36.7 Å². The topological polar surface area (TPSA) is 99.8 Å². The number of para-hydroxylation sites is 1. The molecule has 0 aliphatic heterocycles. The summed E-state index contributed by atoms with van der Waals surface area (Å²) in [7, 11) is 0. The summed E-state index contributed by atoms with van der Waals surface area (Å²) in [6, 6.07) is 10.8. The minimum absolute atomic E-state index is 0.0131. The van der Waals surface area contributed by atoms with Crippen LogP contribution in [0.1, 0.15) is 10.4 Å². The first kappa shape index (κ1) is 13.2. The van der Waals surface area contributed by atoms with Crippen molar-refractivity contribution in [3.8, 4) is 11.4 Å². The van der Waals surface area contributed by atoms with Gasteiger partial charge in [0.25, 0.3) is 5.91 Å². The maximum absolute atomic E-state index is 12.7. The zero-order valence-electron chi connectivity index (χ0n) is 11.9. The first-order valence-corrected chi connectivity index (χ1v) is 6.88. The van der Waals surface area contributed by atoms with Gasteiger partial charge in [-0.25, -0.2) is 0 Å². The summed E-state index contributed by atoms with van der Waals surface area (Å²) in [4.78, 5) is 20.8. The predicted octanol–water partition coefficient (Wildman–Crippen LogP) is 2.36. The van der Waals surface area contributed by atoms with Gasteiger partial charge in [-0.3, -0.25) is 9.78 Å². The lowest BCUT2D eigenvalue weighted by Crippen LogP contribution is -2.16. The maximum Gasteiger partial charge on any atom is 0.285 e. The van der Waals surface area contributed by atoms with Gasteiger partial charge in [-0.15, -0.1) is 5.10 Å². The standard InChI is InChI=1S/C16H11N5O2/c17-16-19-14(10-4-3-7-18-8-10)20-21(16)15(22)12-9-23-13-6-2-1-5-11(12)13/h1-9H,(H2,17,19,20). The number of nitrogens with zero attached hydrogens (tertiary/aromatic N) is 4. The molecule has 0 bridgehead atoms. The van der Waals surface area contributed by atoms with Crippen LogP contribution in [-0.4, -0.2) is 25.7 Å². The fourth-order valence-electron chi connectivity index (χ4n) is 2.35. The van der Waals surface area contributed by atoms with E-state index in [9.17, 15) is 4.79 Å². The lowest BCUT2D eigenvalue weighted by molar-refractivity contribution is 0.0949. The van der Waals surface area contributed by atoms with Gasteiger partial charge in [-0.1, -0.05) is 18.2 Å². The van der Waals surface area contributed by atoms with Gasteiger partial charge in [0.1, 0.15) is 11.8 Å². The fraction of sp³-hybridized carbons (Fsp3) is 0. The molecule has 0 saturated carbocycles. The molecule has 0 unspecified atom stereocenters. The van der Waals surface area contributed by atoms with Crippen LogP contribution in [0.15, 0.2) is 59.5 Å². The third kappa shape index (κ3) is 2.15. The van der Waals surface area contributed by atoms with Crippen LogP contribution in [0.2, 0.25) is 0 Å². The van der Waals surface area contributed by atoms with Crippen molar-refractivity contribution < 1.29 is 9.21 Å². The lowest BCUT2D eigenvalue weighted by atomic mass is 10.2. The van der Waals surface area contributed by atoms with Crippen molar-refractivity contribution in [3.63, 3.8) is 0 Å². The van der Waals surface area contributed by atoms with Crippen LogP contribution in [0.5, 0.6) is 0 Å². The number of rotatable bonds is 2. The number of nitrogens with two attached hydrogens (primary N) is 1. The molecule has 4 rings (SSSR count). The molecule has 23 heavy (non-hydrogen) atoms. The largest absolute Gasteiger partial charge is 0.463 e. The van der Waals surface area contributed by atoms with Gasteiger partial charge in [0, 0.05) is 23.3 Å². The Labute approximate surface area is 130 Å². The van der Waals surface area contributed by atoms with Gasteiger partial charge in [-0.2, -0.15) is 9.67 Å². The highest BCUT2D eigenvalue weighted by Gasteiger charge is 2.20. The van der Waals surface area contributed by atoms with Crippen LogP contribution in [-0.2, 0) is 0 Å². The summed E-state index contributed by atoms with van der Waals surface area (Å²) in [5.74, 6) is -0.0361. The Hall–Kier alpha value is -3.48. The number of pyridine rings is 1. The molecule has 7 heteroatoms. The second-order valence-corrected chi connectivity index (χ2v) is 4.90.